The van der Waals surface area contributed by atoms with Crippen LogP contribution in [0.3, 0.4) is 0 Å². The van der Waals surface area contributed by atoms with Crippen LogP contribution in [0.1, 0.15) is 32.0 Å². The van der Waals surface area contributed by atoms with Gasteiger partial charge in [0, 0.05) is 6.42 Å². The number of aliphatic carboxylic acids is 1. The molecule has 0 unspecified atom stereocenters. The second kappa shape index (κ2) is 6.22. The van der Waals surface area contributed by atoms with Crippen molar-refractivity contribution in [1.82, 2.24) is 15.0 Å². The molecule has 0 atom stereocenters. The molecular formula is C10H17N3O3. The van der Waals surface area contributed by atoms with Gasteiger partial charge in [-0.05, 0) is 13.0 Å². The van der Waals surface area contributed by atoms with Crippen LogP contribution in [-0.2, 0) is 17.8 Å². The Bertz CT molecular complexity index is 338. The standard InChI is InChI=1S/C10H17N3O3/c1-3-5-13(7-10(14)15)6-8-11-9(4-2)16-12-8/h3-7H2,1-2H3,(H,14,15). The Hall–Kier alpha value is -1.43. The molecule has 6 nitrogen and oxygen atoms in total. The van der Waals surface area contributed by atoms with Crippen molar-refractivity contribution in [3.63, 3.8) is 0 Å². The number of carboxylic acids is 1. The van der Waals surface area contributed by atoms with E-state index < -0.39 is 5.97 Å². The summed E-state index contributed by atoms with van der Waals surface area (Å²) >= 11 is 0. The Morgan fingerprint density at radius 3 is 2.75 bits per heavy atom. The van der Waals surface area contributed by atoms with Crippen LogP contribution in [0, 0.1) is 0 Å². The molecule has 0 fully saturated rings. The molecule has 1 heterocycles. The van der Waals surface area contributed by atoms with Crippen molar-refractivity contribution in [1.29, 1.82) is 0 Å². The maximum atomic E-state index is 10.6. The number of hydrogen-bond donors (Lipinski definition) is 1. The summed E-state index contributed by atoms with van der Waals surface area (Å²) in [5, 5.41) is 12.5. The monoisotopic (exact) mass is 227 g/mol. The molecule has 0 aliphatic carbocycles. The molecule has 90 valence electrons. The van der Waals surface area contributed by atoms with E-state index in [1.165, 1.54) is 0 Å². The smallest absolute Gasteiger partial charge is 0.317 e. The maximum absolute atomic E-state index is 10.6. The van der Waals surface area contributed by atoms with Gasteiger partial charge in [-0.1, -0.05) is 19.0 Å². The van der Waals surface area contributed by atoms with Crippen LogP contribution >= 0.6 is 0 Å². The van der Waals surface area contributed by atoms with Crippen LogP contribution in [0.5, 0.6) is 0 Å². The molecule has 0 aliphatic rings. The van der Waals surface area contributed by atoms with E-state index in [1.807, 2.05) is 13.8 Å². The average Bonchev–Trinajstić information content (AvgIpc) is 2.65. The molecule has 0 spiro atoms. The SMILES string of the molecule is CCCN(CC(=O)O)Cc1noc(CC)n1. The largest absolute Gasteiger partial charge is 0.480 e. The van der Waals surface area contributed by atoms with E-state index in [1.54, 1.807) is 4.90 Å². The van der Waals surface area contributed by atoms with Crippen molar-refractivity contribution >= 4 is 5.97 Å². The van der Waals surface area contributed by atoms with E-state index in [0.29, 0.717) is 31.2 Å². The van der Waals surface area contributed by atoms with Crippen LogP contribution in [0.4, 0.5) is 0 Å². The van der Waals surface area contributed by atoms with Gasteiger partial charge in [0.15, 0.2) is 5.82 Å². The summed E-state index contributed by atoms with van der Waals surface area (Å²) < 4.78 is 4.96. The minimum Gasteiger partial charge on any atom is -0.480 e. The van der Waals surface area contributed by atoms with Gasteiger partial charge in [0.25, 0.3) is 0 Å². The zero-order valence-electron chi connectivity index (χ0n) is 9.64. The number of carbonyl (C=O) groups is 1. The summed E-state index contributed by atoms with van der Waals surface area (Å²) in [4.78, 5) is 16.6. The number of carboxylic acid groups (broad SMARTS) is 1. The molecule has 0 radical (unpaired) electrons. The summed E-state index contributed by atoms with van der Waals surface area (Å²) in [5.74, 6) is 0.293. The van der Waals surface area contributed by atoms with Crippen LogP contribution in [0.15, 0.2) is 4.52 Å². The molecule has 0 saturated carbocycles. The van der Waals surface area contributed by atoms with E-state index in [2.05, 4.69) is 10.1 Å². The Morgan fingerprint density at radius 2 is 2.25 bits per heavy atom. The van der Waals surface area contributed by atoms with E-state index >= 15 is 0 Å². The van der Waals surface area contributed by atoms with Gasteiger partial charge in [0.2, 0.25) is 5.89 Å². The molecule has 1 N–H and O–H groups in total. The highest BCUT2D eigenvalue weighted by atomic mass is 16.5. The summed E-state index contributed by atoms with van der Waals surface area (Å²) in [5.41, 5.74) is 0. The lowest BCUT2D eigenvalue weighted by atomic mass is 10.4. The Balaban J connectivity index is 2.56. The zero-order valence-corrected chi connectivity index (χ0v) is 9.64. The van der Waals surface area contributed by atoms with Crippen molar-refractivity contribution in [2.75, 3.05) is 13.1 Å². The molecule has 1 aromatic rings. The minimum atomic E-state index is -0.840. The molecular weight excluding hydrogens is 210 g/mol. The fourth-order valence-electron chi connectivity index (χ4n) is 1.42. The van der Waals surface area contributed by atoms with Gasteiger partial charge in [-0.3, -0.25) is 9.69 Å². The van der Waals surface area contributed by atoms with Gasteiger partial charge >= 0.3 is 5.97 Å². The molecule has 16 heavy (non-hydrogen) atoms. The first-order valence-electron chi connectivity index (χ1n) is 5.41. The Kier molecular flexibility index (Phi) is 4.91. The summed E-state index contributed by atoms with van der Waals surface area (Å²) in [6, 6.07) is 0. The molecule has 0 aromatic carbocycles. The van der Waals surface area contributed by atoms with Gasteiger partial charge < -0.3 is 9.63 Å². The molecule has 1 aromatic heterocycles. The quantitative estimate of drug-likeness (QED) is 0.746. The van der Waals surface area contributed by atoms with Gasteiger partial charge in [0.1, 0.15) is 0 Å². The van der Waals surface area contributed by atoms with Gasteiger partial charge in [-0.2, -0.15) is 4.98 Å². The van der Waals surface area contributed by atoms with Crippen molar-refractivity contribution in [2.24, 2.45) is 0 Å². The zero-order chi connectivity index (χ0) is 12.0. The summed E-state index contributed by atoms with van der Waals surface area (Å²) in [6.45, 7) is 5.07. The third-order valence-corrected chi connectivity index (χ3v) is 2.08. The van der Waals surface area contributed by atoms with E-state index in [4.69, 9.17) is 9.63 Å². The Labute approximate surface area is 94.3 Å². The fraction of sp³-hybridized carbons (Fsp3) is 0.700. The molecule has 0 saturated heterocycles. The number of aryl methyl sites for hydroxylation is 1. The topological polar surface area (TPSA) is 79.5 Å². The van der Waals surface area contributed by atoms with Crippen LogP contribution in [-0.4, -0.2) is 39.2 Å². The highest BCUT2D eigenvalue weighted by Crippen LogP contribution is 2.03. The number of aromatic nitrogens is 2. The predicted molar refractivity (Wildman–Crippen MR) is 56.9 cm³/mol. The van der Waals surface area contributed by atoms with Gasteiger partial charge in [0.05, 0.1) is 13.1 Å². The normalized spacial score (nSPS) is 10.9. The predicted octanol–water partition coefficient (Wildman–Crippen LogP) is 0.929. The first-order valence-corrected chi connectivity index (χ1v) is 5.41. The first-order chi connectivity index (χ1) is 7.65. The van der Waals surface area contributed by atoms with Crippen LogP contribution in [0.25, 0.3) is 0 Å². The molecule has 0 bridgehead atoms. The number of hydrogen-bond acceptors (Lipinski definition) is 5. The summed E-state index contributed by atoms with van der Waals surface area (Å²) in [7, 11) is 0. The summed E-state index contributed by atoms with van der Waals surface area (Å²) in [6.07, 6.45) is 1.59. The molecule has 0 aliphatic heterocycles. The minimum absolute atomic E-state index is 0.00381. The second-order valence-corrected chi connectivity index (χ2v) is 3.56. The second-order valence-electron chi connectivity index (χ2n) is 3.56. The number of rotatable bonds is 7. The molecule has 0 amide bonds. The van der Waals surface area contributed by atoms with Crippen LogP contribution < -0.4 is 0 Å². The van der Waals surface area contributed by atoms with E-state index in [9.17, 15) is 4.79 Å². The Morgan fingerprint density at radius 1 is 1.50 bits per heavy atom. The highest BCUT2D eigenvalue weighted by Gasteiger charge is 2.13. The highest BCUT2D eigenvalue weighted by molar-refractivity contribution is 5.69. The van der Waals surface area contributed by atoms with Crippen LogP contribution in [0.2, 0.25) is 0 Å². The first kappa shape index (κ1) is 12.6. The lowest BCUT2D eigenvalue weighted by Crippen LogP contribution is -2.30. The van der Waals surface area contributed by atoms with E-state index in [-0.39, 0.29) is 6.54 Å². The number of nitrogens with zero attached hydrogens (tertiary/aromatic N) is 3. The fourth-order valence-corrected chi connectivity index (χ4v) is 1.42. The lowest BCUT2D eigenvalue weighted by Gasteiger charge is -2.16. The van der Waals surface area contributed by atoms with Crippen molar-refractivity contribution < 1.29 is 14.4 Å². The van der Waals surface area contributed by atoms with Crippen molar-refractivity contribution in [3.05, 3.63) is 11.7 Å². The maximum Gasteiger partial charge on any atom is 0.317 e. The molecule has 6 heteroatoms. The van der Waals surface area contributed by atoms with Crippen molar-refractivity contribution in [2.45, 2.75) is 33.2 Å². The molecule has 1 rings (SSSR count). The average molecular weight is 227 g/mol. The van der Waals surface area contributed by atoms with E-state index in [0.717, 1.165) is 6.42 Å². The van der Waals surface area contributed by atoms with Gasteiger partial charge in [-0.15, -0.1) is 0 Å². The van der Waals surface area contributed by atoms with Crippen molar-refractivity contribution in [3.8, 4) is 0 Å². The third-order valence-electron chi connectivity index (χ3n) is 2.08. The third kappa shape index (κ3) is 3.98. The van der Waals surface area contributed by atoms with Gasteiger partial charge in [-0.25, -0.2) is 0 Å². The lowest BCUT2D eigenvalue weighted by molar-refractivity contribution is -0.138.